The fourth-order valence-electron chi connectivity index (χ4n) is 3.84. The fourth-order valence-corrected chi connectivity index (χ4v) is 3.84. The summed E-state index contributed by atoms with van der Waals surface area (Å²) in [7, 11) is 0. The molecule has 0 bridgehead atoms. The first kappa shape index (κ1) is 33.4. The number of aliphatic hydroxyl groups excluding tert-OH is 1. The maximum Gasteiger partial charge on any atom is 0.243 e. The third-order valence-electron chi connectivity index (χ3n) is 5.90. The number of amides is 4. The Morgan fingerprint density at radius 2 is 1.34 bits per heavy atom. The van der Waals surface area contributed by atoms with Crippen molar-refractivity contribution in [2.45, 2.75) is 65.1 Å². The van der Waals surface area contributed by atoms with Gasteiger partial charge in [0.15, 0.2) is 5.78 Å². The lowest BCUT2D eigenvalue weighted by Crippen LogP contribution is -2.55. The molecule has 4 amide bonds. The first-order valence-corrected chi connectivity index (χ1v) is 13.1. The van der Waals surface area contributed by atoms with Crippen LogP contribution in [0.5, 0.6) is 0 Å². The summed E-state index contributed by atoms with van der Waals surface area (Å²) >= 11 is 0. The van der Waals surface area contributed by atoms with Gasteiger partial charge in [-0.2, -0.15) is 0 Å². The van der Waals surface area contributed by atoms with E-state index in [1.807, 2.05) is 32.6 Å². The second-order valence-electron chi connectivity index (χ2n) is 10.7. The number of rotatable bonds is 16. The van der Waals surface area contributed by atoms with Crippen LogP contribution in [0.25, 0.3) is 0 Å². The number of hydrogen-bond donors (Lipinski definition) is 6. The quantitative estimate of drug-likeness (QED) is 0.127. The molecule has 0 aliphatic carbocycles. The van der Waals surface area contributed by atoms with Crippen molar-refractivity contribution in [3.63, 3.8) is 0 Å². The van der Waals surface area contributed by atoms with Gasteiger partial charge < -0.3 is 36.2 Å². The number of nitrogens with one attached hydrogen (secondary N) is 4. The number of nitrogens with zero attached hydrogens (tertiary/aromatic N) is 1. The molecule has 1 aliphatic heterocycles. The van der Waals surface area contributed by atoms with Crippen molar-refractivity contribution in [3.05, 3.63) is 0 Å². The highest BCUT2D eigenvalue weighted by Gasteiger charge is 2.36. The third-order valence-corrected chi connectivity index (χ3v) is 5.90. The Morgan fingerprint density at radius 1 is 0.842 bits per heavy atom. The van der Waals surface area contributed by atoms with Crippen LogP contribution in [-0.4, -0.2) is 115 Å². The highest BCUT2D eigenvalue weighted by molar-refractivity contribution is 5.96. The zero-order valence-corrected chi connectivity index (χ0v) is 23.2. The monoisotopic (exact) mass is 543 g/mol. The molecule has 0 radical (unpaired) electrons. The van der Waals surface area contributed by atoms with E-state index >= 15 is 0 Å². The molecular weight excluding hydrogens is 498 g/mol. The molecule has 13 heteroatoms. The normalized spacial score (nSPS) is 17.3. The van der Waals surface area contributed by atoms with E-state index in [4.69, 9.17) is 4.74 Å². The summed E-state index contributed by atoms with van der Waals surface area (Å²) in [5.41, 5.74) is -2.01. The second-order valence-corrected chi connectivity index (χ2v) is 10.7. The van der Waals surface area contributed by atoms with Crippen LogP contribution in [0.4, 0.5) is 0 Å². The van der Waals surface area contributed by atoms with Gasteiger partial charge in [0.1, 0.15) is 11.6 Å². The summed E-state index contributed by atoms with van der Waals surface area (Å²) in [6.45, 7) is 9.57. The molecule has 0 aromatic carbocycles. The molecular formula is C25H45N5O8. The molecule has 218 valence electrons. The van der Waals surface area contributed by atoms with Crippen LogP contribution in [0.3, 0.4) is 0 Å². The predicted octanol–water partition coefficient (Wildman–Crippen LogP) is -2.07. The molecule has 0 aromatic heterocycles. The fraction of sp³-hybridized carbons (Fsp3) is 0.800. The number of carbonyl (C=O) groups is 5. The Labute approximate surface area is 224 Å². The Balaban J connectivity index is 2.62. The van der Waals surface area contributed by atoms with Crippen molar-refractivity contribution in [3.8, 4) is 0 Å². The lowest BCUT2D eigenvalue weighted by atomic mass is 9.90. The summed E-state index contributed by atoms with van der Waals surface area (Å²) in [6, 6.07) is -1.98. The molecule has 6 N–H and O–H groups in total. The minimum Gasteiger partial charge on any atom is -0.393 e. The molecule has 0 saturated carbocycles. The smallest absolute Gasteiger partial charge is 0.243 e. The first-order chi connectivity index (χ1) is 17.7. The molecule has 1 saturated heterocycles. The lowest BCUT2D eigenvalue weighted by molar-refractivity contribution is -0.143. The van der Waals surface area contributed by atoms with E-state index in [0.29, 0.717) is 32.7 Å². The Kier molecular flexibility index (Phi) is 14.4. The predicted molar refractivity (Wildman–Crippen MR) is 139 cm³/mol. The number of ketones is 1. The van der Waals surface area contributed by atoms with Gasteiger partial charge in [-0.25, -0.2) is 0 Å². The minimum atomic E-state index is -2.01. The van der Waals surface area contributed by atoms with Gasteiger partial charge in [0.2, 0.25) is 23.6 Å². The first-order valence-electron chi connectivity index (χ1n) is 13.1. The molecule has 0 aromatic rings. The van der Waals surface area contributed by atoms with Crippen LogP contribution >= 0.6 is 0 Å². The molecule has 1 rings (SSSR count). The Bertz CT molecular complexity index is 812. The van der Waals surface area contributed by atoms with E-state index in [2.05, 4.69) is 21.3 Å². The molecule has 1 heterocycles. The van der Waals surface area contributed by atoms with Gasteiger partial charge in [-0.15, -0.1) is 0 Å². The second kappa shape index (κ2) is 16.4. The van der Waals surface area contributed by atoms with Crippen molar-refractivity contribution in [1.82, 2.24) is 26.2 Å². The van der Waals surface area contributed by atoms with Gasteiger partial charge in [0.25, 0.3) is 0 Å². The number of carbonyl (C=O) groups excluding carboxylic acids is 5. The Morgan fingerprint density at radius 3 is 1.87 bits per heavy atom. The summed E-state index contributed by atoms with van der Waals surface area (Å²) in [5, 5.41) is 29.5. The van der Waals surface area contributed by atoms with Crippen molar-refractivity contribution in [2.75, 3.05) is 52.5 Å². The van der Waals surface area contributed by atoms with Gasteiger partial charge in [-0.1, -0.05) is 27.7 Å². The summed E-state index contributed by atoms with van der Waals surface area (Å²) in [5.74, 6) is -2.77. The van der Waals surface area contributed by atoms with E-state index in [1.165, 1.54) is 6.92 Å². The lowest BCUT2D eigenvalue weighted by Gasteiger charge is -2.27. The van der Waals surface area contributed by atoms with Crippen LogP contribution < -0.4 is 21.3 Å². The van der Waals surface area contributed by atoms with E-state index in [0.717, 1.165) is 0 Å². The van der Waals surface area contributed by atoms with Crippen molar-refractivity contribution in [2.24, 2.45) is 11.8 Å². The third kappa shape index (κ3) is 12.8. The van der Waals surface area contributed by atoms with Gasteiger partial charge >= 0.3 is 0 Å². The summed E-state index contributed by atoms with van der Waals surface area (Å²) in [6.07, 6.45) is 0.534. The minimum absolute atomic E-state index is 0.00771. The number of hydrogen-bond acceptors (Lipinski definition) is 9. The molecule has 3 atom stereocenters. The van der Waals surface area contributed by atoms with Gasteiger partial charge in [0.05, 0.1) is 45.5 Å². The zero-order chi connectivity index (χ0) is 28.9. The van der Waals surface area contributed by atoms with Gasteiger partial charge in [-0.05, 0) is 31.6 Å². The van der Waals surface area contributed by atoms with Crippen LogP contribution in [0.2, 0.25) is 0 Å². The van der Waals surface area contributed by atoms with Crippen LogP contribution in [-0.2, 0) is 28.7 Å². The zero-order valence-electron chi connectivity index (χ0n) is 23.2. The molecule has 0 unspecified atom stereocenters. The maximum absolute atomic E-state index is 12.8. The van der Waals surface area contributed by atoms with Gasteiger partial charge in [-0.3, -0.25) is 28.9 Å². The van der Waals surface area contributed by atoms with Crippen LogP contribution in [0, 0.1) is 11.8 Å². The highest BCUT2D eigenvalue weighted by atomic mass is 16.5. The van der Waals surface area contributed by atoms with E-state index < -0.39 is 54.3 Å². The highest BCUT2D eigenvalue weighted by Crippen LogP contribution is 2.14. The molecule has 0 spiro atoms. The number of Topliss-reactive ketones (excluding diaryl/α,β-unsaturated/α-hetero) is 1. The summed E-state index contributed by atoms with van der Waals surface area (Å²) < 4.78 is 5.24. The maximum atomic E-state index is 12.8. The van der Waals surface area contributed by atoms with Crippen molar-refractivity contribution < 1.29 is 38.9 Å². The molecule has 1 fully saturated rings. The molecule has 38 heavy (non-hydrogen) atoms. The molecule has 13 nitrogen and oxygen atoms in total. The van der Waals surface area contributed by atoms with Crippen LogP contribution in [0.1, 0.15) is 47.5 Å². The van der Waals surface area contributed by atoms with Crippen molar-refractivity contribution >= 4 is 29.4 Å². The molecule has 1 aliphatic rings. The number of morpholine rings is 1. The Hall–Kier alpha value is -2.61. The van der Waals surface area contributed by atoms with E-state index in [9.17, 15) is 34.2 Å². The SMILES string of the molecule is CC(C)C[C@H](NC(=O)CNC(=O)CN1CCOCC1)C(=O)NCC(=O)N[C@@H](CC(C)C)C(=O)[C@](C)(O)CO. The van der Waals surface area contributed by atoms with E-state index in [-0.39, 0.29) is 37.3 Å². The summed E-state index contributed by atoms with van der Waals surface area (Å²) in [4.78, 5) is 64.3. The average molecular weight is 544 g/mol. The largest absolute Gasteiger partial charge is 0.393 e. The number of ether oxygens (including phenoxy) is 1. The topological polar surface area (TPSA) is 186 Å². The van der Waals surface area contributed by atoms with Gasteiger partial charge in [0, 0.05) is 13.1 Å². The van der Waals surface area contributed by atoms with E-state index in [1.54, 1.807) is 0 Å². The number of aliphatic hydroxyl groups is 2. The standard InChI is InChI=1S/C25H45N5O8/c1-16(2)10-18(23(35)25(5,37)15-31)28-21(33)13-27-24(36)19(11-17(3)4)29-20(32)12-26-22(34)14-30-6-8-38-9-7-30/h16-19,31,37H,6-15H2,1-5H3,(H,26,34)(H,27,36)(H,28,33)(H,29,32)/t18-,19-,25+/m0/s1. The van der Waals surface area contributed by atoms with Crippen LogP contribution in [0.15, 0.2) is 0 Å². The average Bonchev–Trinajstić information content (AvgIpc) is 2.84. The van der Waals surface area contributed by atoms with Crippen molar-refractivity contribution in [1.29, 1.82) is 0 Å².